The van der Waals surface area contributed by atoms with E-state index in [1.165, 1.54) is 0 Å². The number of nitrogens with zero attached hydrogens (tertiary/aromatic N) is 8. The van der Waals surface area contributed by atoms with Gasteiger partial charge in [0.1, 0.15) is 17.5 Å². The molecule has 0 spiro atoms. The zero-order chi connectivity index (χ0) is 65.7. The first-order chi connectivity index (χ1) is 41.4. The molecule has 6 aromatic rings. The summed E-state index contributed by atoms with van der Waals surface area (Å²) in [4.78, 5) is 65.6. The van der Waals surface area contributed by atoms with Crippen molar-refractivity contribution >= 4 is 69.7 Å². The van der Waals surface area contributed by atoms with Crippen LogP contribution in [0.15, 0.2) is 55.0 Å². The third kappa shape index (κ3) is 22.5. The highest BCUT2D eigenvalue weighted by Crippen LogP contribution is 2.30. The number of aromatic nitrogens is 6. The number of amides is 3. The lowest BCUT2D eigenvalue weighted by molar-refractivity contribution is 0.0992. The van der Waals surface area contributed by atoms with E-state index in [0.29, 0.717) is 23.6 Å². The minimum atomic E-state index is -0.776. The molecule has 0 aromatic carbocycles. The van der Waals surface area contributed by atoms with Crippen LogP contribution in [0, 0.1) is 70.8 Å². The Balaban J connectivity index is 0.000000283. The molecule has 0 saturated heterocycles. The third-order valence-electron chi connectivity index (χ3n) is 14.7. The molecule has 0 fully saturated rings. The van der Waals surface area contributed by atoms with Gasteiger partial charge in [0.2, 0.25) is 0 Å². The summed E-state index contributed by atoms with van der Waals surface area (Å²) in [7, 11) is 8.05. The topological polar surface area (TPSA) is 337 Å². The fourth-order valence-corrected chi connectivity index (χ4v) is 8.89. The van der Waals surface area contributed by atoms with Crippen molar-refractivity contribution in [3.63, 3.8) is 0 Å². The van der Waals surface area contributed by atoms with Gasteiger partial charge in [0.15, 0.2) is 34.9 Å². The summed E-state index contributed by atoms with van der Waals surface area (Å²) in [6.45, 7) is 24.0. The molecule has 0 aliphatic carbocycles. The van der Waals surface area contributed by atoms with Gasteiger partial charge in [0.05, 0.1) is 52.3 Å². The normalized spacial score (nSPS) is 12.5. The lowest BCUT2D eigenvalue weighted by Gasteiger charge is -2.24. The van der Waals surface area contributed by atoms with Crippen LogP contribution in [-0.4, -0.2) is 129 Å². The molecule has 25 heteroatoms. The highest BCUT2D eigenvalue weighted by atomic mass is 19.1. The summed E-state index contributed by atoms with van der Waals surface area (Å²) in [6.07, 6.45) is 9.99. The van der Waals surface area contributed by atoms with Crippen molar-refractivity contribution in [3.8, 4) is 0 Å². The molecule has 480 valence electrons. The molecule has 0 radical (unpaired) electrons. The van der Waals surface area contributed by atoms with E-state index in [-0.39, 0.29) is 87.6 Å². The van der Waals surface area contributed by atoms with Gasteiger partial charge < -0.3 is 70.4 Å². The molecular weight excluding hydrogens is 1130 g/mol. The van der Waals surface area contributed by atoms with Gasteiger partial charge in [-0.05, 0) is 200 Å². The number of nitrogens with one attached hydrogen (secondary N) is 6. The second-order valence-corrected chi connectivity index (χ2v) is 23.4. The molecule has 6 heterocycles. The maximum Gasteiger partial charge on any atom is 0.252 e. The van der Waals surface area contributed by atoms with Crippen LogP contribution in [0.3, 0.4) is 0 Å². The molecule has 0 aliphatic heterocycles. The van der Waals surface area contributed by atoms with E-state index in [9.17, 15) is 27.6 Å². The summed E-state index contributed by atoms with van der Waals surface area (Å²) in [5.41, 5.74) is 35.5. The highest BCUT2D eigenvalue weighted by molar-refractivity contribution is 6.00. The third-order valence-corrected chi connectivity index (χ3v) is 14.7. The van der Waals surface area contributed by atoms with Crippen LogP contribution in [0.5, 0.6) is 0 Å². The minimum Gasteiger partial charge on any atom is -0.365 e. The number of halogens is 3. The highest BCUT2D eigenvalue weighted by Gasteiger charge is 2.24. The maximum atomic E-state index is 14.7. The van der Waals surface area contributed by atoms with Gasteiger partial charge in [-0.2, -0.15) is 0 Å². The zero-order valence-corrected chi connectivity index (χ0v) is 53.8. The molecule has 0 saturated carbocycles. The van der Waals surface area contributed by atoms with E-state index >= 15 is 0 Å². The summed E-state index contributed by atoms with van der Waals surface area (Å²) in [5, 5.41) is 18.6. The first kappa shape index (κ1) is 72.2. The van der Waals surface area contributed by atoms with Gasteiger partial charge in [0.25, 0.3) is 17.7 Å². The number of aryl methyl sites for hydroxylation is 6. The molecule has 22 nitrogen and oxygen atoms in total. The summed E-state index contributed by atoms with van der Waals surface area (Å²) >= 11 is 0. The van der Waals surface area contributed by atoms with E-state index < -0.39 is 35.2 Å². The van der Waals surface area contributed by atoms with Crippen molar-refractivity contribution < 1.29 is 27.6 Å². The first-order valence-corrected chi connectivity index (χ1v) is 29.6. The lowest BCUT2D eigenvalue weighted by atomic mass is 9.99. The molecule has 88 heavy (non-hydrogen) atoms. The molecule has 16 N–H and O–H groups in total. The molecule has 3 amide bonds. The van der Waals surface area contributed by atoms with E-state index in [2.05, 4.69) is 85.5 Å². The predicted octanol–water partition coefficient (Wildman–Crippen LogP) is 9.65. The van der Waals surface area contributed by atoms with Crippen molar-refractivity contribution in [2.45, 2.75) is 139 Å². The van der Waals surface area contributed by atoms with E-state index in [1.807, 2.05) is 109 Å². The monoisotopic (exact) mass is 1220 g/mol. The Hall–Kier alpha value is -8.26. The fraction of sp³-hybridized carbons (Fsp3) is 0.476. The SMILES string of the molecule is Cc1cc(Nc2nc(N[C@H](CCCN(C)C)C(C)C)c(F)cc2C(N)=O)cnc1C.Cc1cc(Nc2nc(N[C@H](CCCN(C)C)[C@H](C)N)c(F)cc2C(N)=O)cnc1C.Cc1cc(Nc2nc(N[C@H](CCCN)C(C)C)c(F)cc2C(N)=O)cnc1C. The fourth-order valence-electron chi connectivity index (χ4n) is 8.89. The van der Waals surface area contributed by atoms with Gasteiger partial charge in [-0.1, -0.05) is 27.7 Å². The van der Waals surface area contributed by atoms with Crippen LogP contribution < -0.4 is 60.6 Å². The number of carbonyl (C=O) groups excluding carboxylic acids is 3. The Morgan fingerprint density at radius 1 is 0.466 bits per heavy atom. The van der Waals surface area contributed by atoms with Crippen molar-refractivity contribution in [2.75, 3.05) is 79.7 Å². The number of carbonyl (C=O) groups is 3. The van der Waals surface area contributed by atoms with Crippen molar-refractivity contribution in [3.05, 3.63) is 123 Å². The summed E-state index contributed by atoms with van der Waals surface area (Å²) < 4.78 is 44.0. The number of rotatable bonds is 29. The molecule has 4 atom stereocenters. The predicted molar refractivity (Wildman–Crippen MR) is 349 cm³/mol. The van der Waals surface area contributed by atoms with E-state index in [0.717, 1.165) is 104 Å². The summed E-state index contributed by atoms with van der Waals surface area (Å²) in [5.74, 6) is -2.92. The average Bonchev–Trinajstić information content (AvgIpc) is 3.65. The summed E-state index contributed by atoms with van der Waals surface area (Å²) in [6, 6.07) is 8.62. The van der Waals surface area contributed by atoms with Crippen molar-refractivity contribution in [2.24, 2.45) is 40.5 Å². The molecule has 0 aliphatic rings. The van der Waals surface area contributed by atoms with Crippen LogP contribution >= 0.6 is 0 Å². The van der Waals surface area contributed by atoms with E-state index in [4.69, 9.17) is 28.7 Å². The van der Waals surface area contributed by atoms with Gasteiger partial charge >= 0.3 is 0 Å². The Kier molecular flexibility index (Phi) is 28.2. The second kappa shape index (κ2) is 34.3. The number of primary amides is 3. The van der Waals surface area contributed by atoms with Gasteiger partial charge in [-0.25, -0.2) is 28.1 Å². The number of hydrogen-bond acceptors (Lipinski definition) is 19. The van der Waals surface area contributed by atoms with Crippen molar-refractivity contribution in [1.29, 1.82) is 0 Å². The second-order valence-electron chi connectivity index (χ2n) is 23.4. The van der Waals surface area contributed by atoms with Crippen LogP contribution in [0.1, 0.15) is 138 Å². The largest absolute Gasteiger partial charge is 0.365 e. The number of anilines is 9. The zero-order valence-electron chi connectivity index (χ0n) is 53.8. The van der Waals surface area contributed by atoms with Crippen molar-refractivity contribution in [1.82, 2.24) is 39.7 Å². The van der Waals surface area contributed by atoms with Gasteiger partial charge in [-0.3, -0.25) is 29.3 Å². The Labute approximate surface area is 517 Å². The standard InChI is InChI=1S/C22H33FN6O.C21H32FN7O.C20H29FN6O/c1-13(2)19(8-7-9-29(5)6)27-22-18(23)11-17(20(24)30)21(28-22)26-16-10-14(3)15(4)25-12-16;1-12-9-15(11-25-14(12)3)26-20-16(19(24)30)10-17(22)21(28-20)27-18(13(2)23)7-6-8-29(4)5;1-11(2)17(6-5-7-22)26-20-16(21)9-15(18(23)28)19(27-20)25-14-8-12(3)13(4)24-10-14/h10-13,19H,7-9H2,1-6H3,(H2,24,30)(H2,26,27,28);9-11,13,18H,6-8,23H2,1-5H3,(H2,24,30)(H2,26,27,28);8-11,17H,5-7,22H2,1-4H3,(H2,23,28)(H2,25,26,27)/t19-;13-,18+;17-/m101/s1. The molecule has 6 rings (SSSR count). The number of pyridine rings is 6. The average molecular weight is 1220 g/mol. The maximum absolute atomic E-state index is 14.7. The van der Waals surface area contributed by atoms with Gasteiger partial charge in [-0.15, -0.1) is 0 Å². The van der Waals surface area contributed by atoms with Gasteiger partial charge in [0, 0.05) is 41.2 Å². The van der Waals surface area contributed by atoms with Crippen LogP contribution in [-0.2, 0) is 0 Å². The lowest BCUT2D eigenvalue weighted by Crippen LogP contribution is -2.39. The molecule has 0 bridgehead atoms. The molecular formula is C63H94F3N19O3. The molecule has 0 unspecified atom stereocenters. The first-order valence-electron chi connectivity index (χ1n) is 29.6. The van der Waals surface area contributed by atoms with Crippen LogP contribution in [0.25, 0.3) is 0 Å². The molecule has 6 aromatic heterocycles. The van der Waals surface area contributed by atoms with E-state index in [1.54, 1.807) is 18.6 Å². The minimum absolute atomic E-state index is 0.00103. The van der Waals surface area contributed by atoms with Crippen LogP contribution in [0.2, 0.25) is 0 Å². The Morgan fingerprint density at radius 2 is 0.750 bits per heavy atom. The quantitative estimate of drug-likeness (QED) is 0.0208. The number of hydrogen-bond donors (Lipinski definition) is 11. The van der Waals surface area contributed by atoms with Crippen LogP contribution in [0.4, 0.5) is 65.1 Å². The number of nitrogens with two attached hydrogens (primary N) is 5. The smallest absolute Gasteiger partial charge is 0.252 e. The Morgan fingerprint density at radius 3 is 1.00 bits per heavy atom. The Bertz CT molecular complexity index is 3140.